The highest BCUT2D eigenvalue weighted by Crippen LogP contribution is 2.13. The summed E-state index contributed by atoms with van der Waals surface area (Å²) in [6, 6.07) is 0.245. The maximum atomic E-state index is 8.22. The lowest BCUT2D eigenvalue weighted by atomic mass is 10.1. The molecule has 0 bridgehead atoms. The van der Waals surface area contributed by atoms with Crippen molar-refractivity contribution < 1.29 is 0 Å². The average molecular weight is 210 g/mol. The fourth-order valence-electron chi connectivity index (χ4n) is 1.99. The SMILES string of the molecule is CCCCCCCCN1CC(N=[N+]=[N-])C1. The summed E-state index contributed by atoms with van der Waals surface area (Å²) < 4.78 is 0. The smallest absolute Gasteiger partial charge is 0.0628 e. The molecule has 1 aliphatic heterocycles. The molecule has 4 nitrogen and oxygen atoms in total. The van der Waals surface area contributed by atoms with Gasteiger partial charge in [0, 0.05) is 18.0 Å². The third kappa shape index (κ3) is 5.05. The van der Waals surface area contributed by atoms with Crippen molar-refractivity contribution in [3.8, 4) is 0 Å². The van der Waals surface area contributed by atoms with E-state index in [2.05, 4.69) is 21.8 Å². The van der Waals surface area contributed by atoms with Crippen LogP contribution < -0.4 is 0 Å². The Labute approximate surface area is 92.3 Å². The van der Waals surface area contributed by atoms with Crippen molar-refractivity contribution in [1.29, 1.82) is 0 Å². The van der Waals surface area contributed by atoms with E-state index < -0.39 is 0 Å². The Morgan fingerprint density at radius 3 is 2.53 bits per heavy atom. The van der Waals surface area contributed by atoms with E-state index in [1.165, 1.54) is 45.1 Å². The lowest BCUT2D eigenvalue weighted by molar-refractivity contribution is 0.148. The van der Waals surface area contributed by atoms with Crippen molar-refractivity contribution in [3.05, 3.63) is 10.4 Å². The quantitative estimate of drug-likeness (QED) is 0.262. The Morgan fingerprint density at radius 2 is 1.87 bits per heavy atom. The maximum Gasteiger partial charge on any atom is 0.0628 e. The van der Waals surface area contributed by atoms with Crippen molar-refractivity contribution >= 4 is 0 Å². The lowest BCUT2D eigenvalue weighted by Gasteiger charge is -2.36. The summed E-state index contributed by atoms with van der Waals surface area (Å²) in [4.78, 5) is 5.19. The van der Waals surface area contributed by atoms with Crippen LogP contribution in [-0.4, -0.2) is 30.6 Å². The molecule has 0 radical (unpaired) electrons. The van der Waals surface area contributed by atoms with Crippen molar-refractivity contribution in [3.63, 3.8) is 0 Å². The van der Waals surface area contributed by atoms with Gasteiger partial charge in [0.05, 0.1) is 6.04 Å². The summed E-state index contributed by atoms with van der Waals surface area (Å²) in [6.07, 6.45) is 8.11. The molecule has 0 aliphatic carbocycles. The molecule has 0 saturated carbocycles. The van der Waals surface area contributed by atoms with Crippen LogP contribution in [0.5, 0.6) is 0 Å². The Kier molecular flexibility index (Phi) is 6.21. The van der Waals surface area contributed by atoms with E-state index in [-0.39, 0.29) is 6.04 Å². The normalized spacial score (nSPS) is 17.1. The number of likely N-dealkylation sites (tertiary alicyclic amines) is 1. The first-order chi connectivity index (χ1) is 7.36. The van der Waals surface area contributed by atoms with E-state index >= 15 is 0 Å². The van der Waals surface area contributed by atoms with E-state index in [0.717, 1.165) is 13.1 Å². The van der Waals surface area contributed by atoms with Gasteiger partial charge in [-0.1, -0.05) is 44.1 Å². The standard InChI is InChI=1S/C11H22N4/c1-2-3-4-5-6-7-8-15-9-11(10-15)13-14-12/h11H,2-10H2,1H3. The van der Waals surface area contributed by atoms with Crippen LogP contribution in [0, 0.1) is 0 Å². The molecule has 0 spiro atoms. The summed E-state index contributed by atoms with van der Waals surface area (Å²) in [5.41, 5.74) is 8.22. The minimum Gasteiger partial charge on any atom is -0.302 e. The minimum absolute atomic E-state index is 0.245. The van der Waals surface area contributed by atoms with Crippen molar-refractivity contribution in [2.24, 2.45) is 5.11 Å². The zero-order valence-electron chi connectivity index (χ0n) is 9.73. The average Bonchev–Trinajstić information content (AvgIpc) is 2.19. The number of azide groups is 1. The van der Waals surface area contributed by atoms with E-state index in [1.807, 2.05) is 0 Å². The number of unbranched alkanes of at least 4 members (excludes halogenated alkanes) is 5. The van der Waals surface area contributed by atoms with E-state index in [0.29, 0.717) is 0 Å². The molecule has 1 fully saturated rings. The van der Waals surface area contributed by atoms with Gasteiger partial charge in [-0.2, -0.15) is 0 Å². The molecule has 1 rings (SSSR count). The zero-order chi connectivity index (χ0) is 10.9. The predicted molar refractivity (Wildman–Crippen MR) is 62.8 cm³/mol. The summed E-state index contributed by atoms with van der Waals surface area (Å²) in [7, 11) is 0. The molecule has 0 unspecified atom stereocenters. The van der Waals surface area contributed by atoms with Crippen molar-refractivity contribution in [2.45, 2.75) is 51.5 Å². The molecule has 4 heteroatoms. The van der Waals surface area contributed by atoms with Gasteiger partial charge < -0.3 is 4.90 Å². The summed E-state index contributed by atoms with van der Waals surface area (Å²) in [5.74, 6) is 0. The van der Waals surface area contributed by atoms with Crippen LogP contribution in [0.15, 0.2) is 5.11 Å². The van der Waals surface area contributed by atoms with Gasteiger partial charge in [-0.05, 0) is 18.5 Å². The van der Waals surface area contributed by atoms with Gasteiger partial charge in [0.15, 0.2) is 0 Å². The lowest BCUT2D eigenvalue weighted by Crippen LogP contribution is -2.49. The van der Waals surface area contributed by atoms with Gasteiger partial charge in [0.25, 0.3) is 0 Å². The third-order valence-corrected chi connectivity index (χ3v) is 2.98. The predicted octanol–water partition coefficient (Wildman–Crippen LogP) is 3.34. The van der Waals surface area contributed by atoms with Gasteiger partial charge in [-0.3, -0.25) is 0 Å². The fourth-order valence-corrected chi connectivity index (χ4v) is 1.99. The van der Waals surface area contributed by atoms with Gasteiger partial charge in [0.1, 0.15) is 0 Å². The molecule has 1 saturated heterocycles. The largest absolute Gasteiger partial charge is 0.302 e. The molecular weight excluding hydrogens is 188 g/mol. The molecule has 15 heavy (non-hydrogen) atoms. The monoisotopic (exact) mass is 210 g/mol. The van der Waals surface area contributed by atoms with E-state index in [1.54, 1.807) is 0 Å². The highest BCUT2D eigenvalue weighted by Gasteiger charge is 2.24. The minimum atomic E-state index is 0.245. The Morgan fingerprint density at radius 1 is 1.20 bits per heavy atom. The molecule has 0 N–H and O–H groups in total. The Balaban J connectivity index is 1.84. The summed E-state index contributed by atoms with van der Waals surface area (Å²) in [5, 5.41) is 3.69. The zero-order valence-corrected chi connectivity index (χ0v) is 9.73. The molecule has 0 aromatic heterocycles. The molecule has 0 amide bonds. The molecular formula is C11H22N4. The van der Waals surface area contributed by atoms with Crippen LogP contribution in [-0.2, 0) is 0 Å². The summed E-state index contributed by atoms with van der Waals surface area (Å²) in [6.45, 7) is 5.37. The first kappa shape index (κ1) is 12.3. The van der Waals surface area contributed by atoms with Crippen LogP contribution in [0.25, 0.3) is 10.4 Å². The van der Waals surface area contributed by atoms with Crippen molar-refractivity contribution in [1.82, 2.24) is 4.90 Å². The van der Waals surface area contributed by atoms with Crippen LogP contribution in [0.4, 0.5) is 0 Å². The maximum absolute atomic E-state index is 8.22. The number of hydrogen-bond acceptors (Lipinski definition) is 2. The number of hydrogen-bond donors (Lipinski definition) is 0. The number of rotatable bonds is 8. The molecule has 86 valence electrons. The second-order valence-electron chi connectivity index (χ2n) is 4.39. The van der Waals surface area contributed by atoms with Crippen LogP contribution >= 0.6 is 0 Å². The molecule has 1 aliphatic rings. The third-order valence-electron chi connectivity index (χ3n) is 2.98. The topological polar surface area (TPSA) is 52.0 Å². The highest BCUT2D eigenvalue weighted by molar-refractivity contribution is 4.85. The highest BCUT2D eigenvalue weighted by atomic mass is 15.3. The first-order valence-electron chi connectivity index (χ1n) is 6.13. The first-order valence-corrected chi connectivity index (χ1v) is 6.13. The fraction of sp³-hybridized carbons (Fsp3) is 1.00. The molecule has 0 aromatic carbocycles. The van der Waals surface area contributed by atoms with E-state index in [4.69, 9.17) is 5.53 Å². The second kappa shape index (κ2) is 7.55. The molecule has 0 atom stereocenters. The molecule has 0 aromatic rings. The van der Waals surface area contributed by atoms with Gasteiger partial charge >= 0.3 is 0 Å². The van der Waals surface area contributed by atoms with Crippen molar-refractivity contribution in [2.75, 3.05) is 19.6 Å². The Bertz CT molecular complexity index is 205. The van der Waals surface area contributed by atoms with Crippen LogP contribution in [0.2, 0.25) is 0 Å². The van der Waals surface area contributed by atoms with Gasteiger partial charge in [-0.15, -0.1) is 0 Å². The number of nitrogens with zero attached hydrogens (tertiary/aromatic N) is 4. The van der Waals surface area contributed by atoms with Gasteiger partial charge in [-0.25, -0.2) is 0 Å². The molecule has 1 heterocycles. The summed E-state index contributed by atoms with van der Waals surface area (Å²) >= 11 is 0. The Hall–Kier alpha value is -0.730. The van der Waals surface area contributed by atoms with Crippen LogP contribution in [0.3, 0.4) is 0 Å². The second-order valence-corrected chi connectivity index (χ2v) is 4.39. The van der Waals surface area contributed by atoms with Crippen LogP contribution in [0.1, 0.15) is 45.4 Å². The van der Waals surface area contributed by atoms with E-state index in [9.17, 15) is 0 Å². The van der Waals surface area contributed by atoms with Gasteiger partial charge in [0.2, 0.25) is 0 Å².